The summed E-state index contributed by atoms with van der Waals surface area (Å²) in [5.74, 6) is 0. The summed E-state index contributed by atoms with van der Waals surface area (Å²) < 4.78 is 0. The number of rotatable bonds is 9. The van der Waals surface area contributed by atoms with Gasteiger partial charge >= 0.3 is 0 Å². The summed E-state index contributed by atoms with van der Waals surface area (Å²) in [6.45, 7) is 7.90. The third-order valence-corrected chi connectivity index (χ3v) is 3.65. The van der Waals surface area contributed by atoms with E-state index in [4.69, 9.17) is 0 Å². The van der Waals surface area contributed by atoms with E-state index in [1.165, 1.54) is 12.8 Å². The summed E-state index contributed by atoms with van der Waals surface area (Å²) in [6, 6.07) is 0.667. The van der Waals surface area contributed by atoms with Crippen LogP contribution in [0.2, 0.25) is 0 Å². The van der Waals surface area contributed by atoms with Gasteiger partial charge in [0.15, 0.2) is 0 Å². The fourth-order valence-electron chi connectivity index (χ4n) is 1.86. The van der Waals surface area contributed by atoms with Crippen molar-refractivity contribution in [3.8, 4) is 0 Å². The number of aliphatic hydroxyl groups is 1. The zero-order valence-corrected chi connectivity index (χ0v) is 11.7. The highest BCUT2D eigenvalue weighted by Crippen LogP contribution is 2.12. The maximum absolute atomic E-state index is 9.27. The second-order valence-corrected chi connectivity index (χ2v) is 5.19. The number of nitrogens with one attached hydrogen (secondary N) is 1. The van der Waals surface area contributed by atoms with Gasteiger partial charge in [0.25, 0.3) is 0 Å². The van der Waals surface area contributed by atoms with Crippen molar-refractivity contribution in [3.63, 3.8) is 0 Å². The number of aliphatic hydroxyl groups excluding tert-OH is 1. The molecule has 0 saturated carbocycles. The summed E-state index contributed by atoms with van der Waals surface area (Å²) in [7, 11) is 4.11. The number of nitrogens with zero attached hydrogens (tertiary/aromatic N) is 1. The quantitative estimate of drug-likeness (QED) is 0.634. The molecular formula is C13H30N2O. The lowest BCUT2D eigenvalue weighted by atomic mass is 9.97. The van der Waals surface area contributed by atoms with Gasteiger partial charge in [0.1, 0.15) is 0 Å². The molecule has 3 heteroatoms. The van der Waals surface area contributed by atoms with Crippen LogP contribution in [0.5, 0.6) is 0 Å². The van der Waals surface area contributed by atoms with Crippen LogP contribution in [-0.2, 0) is 0 Å². The minimum Gasteiger partial charge on any atom is -0.394 e. The second kappa shape index (κ2) is 8.04. The van der Waals surface area contributed by atoms with E-state index in [0.29, 0.717) is 6.04 Å². The molecule has 0 aromatic rings. The summed E-state index contributed by atoms with van der Waals surface area (Å²) in [4.78, 5) is 2.41. The Balaban J connectivity index is 3.80. The van der Waals surface area contributed by atoms with E-state index < -0.39 is 0 Å². The van der Waals surface area contributed by atoms with Gasteiger partial charge in [-0.3, -0.25) is 0 Å². The van der Waals surface area contributed by atoms with Crippen LogP contribution in [-0.4, -0.2) is 48.8 Å². The third-order valence-electron chi connectivity index (χ3n) is 3.65. The van der Waals surface area contributed by atoms with Gasteiger partial charge in [-0.25, -0.2) is 0 Å². The molecule has 0 aromatic heterocycles. The smallest absolute Gasteiger partial charge is 0.0610 e. The van der Waals surface area contributed by atoms with E-state index >= 15 is 0 Å². The zero-order valence-electron chi connectivity index (χ0n) is 11.7. The highest BCUT2D eigenvalue weighted by molar-refractivity contribution is 4.80. The van der Waals surface area contributed by atoms with Crippen molar-refractivity contribution >= 4 is 0 Å². The molecule has 16 heavy (non-hydrogen) atoms. The number of likely N-dealkylation sites (N-methyl/N-ethyl adjacent to an activating group) is 1. The summed E-state index contributed by atoms with van der Waals surface area (Å²) in [5, 5.41) is 12.5. The van der Waals surface area contributed by atoms with Crippen LogP contribution in [0.3, 0.4) is 0 Å². The Kier molecular flexibility index (Phi) is 7.98. The normalized spacial score (nSPS) is 17.4. The van der Waals surface area contributed by atoms with Gasteiger partial charge in [0, 0.05) is 11.6 Å². The molecule has 0 aliphatic carbocycles. The Bertz CT molecular complexity index is 169. The first-order valence-electron chi connectivity index (χ1n) is 6.49. The van der Waals surface area contributed by atoms with Crippen molar-refractivity contribution in [2.75, 3.05) is 27.2 Å². The lowest BCUT2D eigenvalue weighted by molar-refractivity contribution is 0.161. The molecule has 2 N–H and O–H groups in total. The molecular weight excluding hydrogens is 200 g/mol. The average Bonchev–Trinajstić information content (AvgIpc) is 2.29. The monoisotopic (exact) mass is 230 g/mol. The van der Waals surface area contributed by atoms with Gasteiger partial charge in [-0.05, 0) is 53.8 Å². The van der Waals surface area contributed by atoms with Gasteiger partial charge in [-0.15, -0.1) is 0 Å². The van der Waals surface area contributed by atoms with Crippen LogP contribution in [0.25, 0.3) is 0 Å². The largest absolute Gasteiger partial charge is 0.394 e. The van der Waals surface area contributed by atoms with Crippen molar-refractivity contribution in [2.24, 2.45) is 0 Å². The van der Waals surface area contributed by atoms with E-state index in [0.717, 1.165) is 19.4 Å². The van der Waals surface area contributed by atoms with E-state index in [1.54, 1.807) is 0 Å². The van der Waals surface area contributed by atoms with E-state index in [9.17, 15) is 5.11 Å². The molecule has 0 spiro atoms. The first-order chi connectivity index (χ1) is 7.49. The number of hydrogen-bond donors (Lipinski definition) is 2. The lowest BCUT2D eigenvalue weighted by Gasteiger charge is -2.29. The van der Waals surface area contributed by atoms with E-state index in [1.807, 2.05) is 7.05 Å². The summed E-state index contributed by atoms with van der Waals surface area (Å²) in [5.41, 5.74) is -0.116. The molecule has 0 aliphatic rings. The minimum absolute atomic E-state index is 0.116. The molecule has 2 atom stereocenters. The Morgan fingerprint density at radius 1 is 1.44 bits per heavy atom. The zero-order chi connectivity index (χ0) is 12.6. The standard InChI is InChI=1S/C13H30N2O/c1-6-8-12(2)15(5)10-7-9-13(3,11-16)14-4/h12,14,16H,6-11H2,1-5H3. The maximum Gasteiger partial charge on any atom is 0.0610 e. The minimum atomic E-state index is -0.116. The summed E-state index contributed by atoms with van der Waals surface area (Å²) >= 11 is 0. The van der Waals surface area contributed by atoms with Crippen molar-refractivity contribution in [1.82, 2.24) is 10.2 Å². The first-order valence-corrected chi connectivity index (χ1v) is 6.49. The molecule has 0 aliphatic heterocycles. The molecule has 0 amide bonds. The van der Waals surface area contributed by atoms with Crippen molar-refractivity contribution in [3.05, 3.63) is 0 Å². The molecule has 3 nitrogen and oxygen atoms in total. The van der Waals surface area contributed by atoms with E-state index in [2.05, 4.69) is 38.0 Å². The highest BCUT2D eigenvalue weighted by atomic mass is 16.3. The van der Waals surface area contributed by atoms with Gasteiger partial charge in [0.2, 0.25) is 0 Å². The van der Waals surface area contributed by atoms with Crippen LogP contribution in [0, 0.1) is 0 Å². The van der Waals surface area contributed by atoms with Crippen molar-refractivity contribution in [2.45, 2.75) is 58.0 Å². The Morgan fingerprint density at radius 3 is 2.50 bits per heavy atom. The second-order valence-electron chi connectivity index (χ2n) is 5.19. The molecule has 0 bridgehead atoms. The molecule has 2 unspecified atom stereocenters. The van der Waals surface area contributed by atoms with Crippen LogP contribution in [0.15, 0.2) is 0 Å². The predicted octanol–water partition coefficient (Wildman–Crippen LogP) is 1.86. The Labute approximate surface area is 101 Å². The molecule has 0 rings (SSSR count). The average molecular weight is 230 g/mol. The molecule has 98 valence electrons. The van der Waals surface area contributed by atoms with Crippen LogP contribution in [0.1, 0.15) is 46.5 Å². The first kappa shape index (κ1) is 15.9. The molecule has 0 radical (unpaired) electrons. The third kappa shape index (κ3) is 5.83. The van der Waals surface area contributed by atoms with Gasteiger partial charge in [0.05, 0.1) is 6.61 Å². The maximum atomic E-state index is 9.27. The van der Waals surface area contributed by atoms with Crippen molar-refractivity contribution in [1.29, 1.82) is 0 Å². The number of hydrogen-bond acceptors (Lipinski definition) is 3. The SMILES string of the molecule is CCCC(C)N(C)CCCC(C)(CO)NC. The predicted molar refractivity (Wildman–Crippen MR) is 70.8 cm³/mol. The lowest BCUT2D eigenvalue weighted by Crippen LogP contribution is -2.44. The Morgan fingerprint density at radius 2 is 2.06 bits per heavy atom. The van der Waals surface area contributed by atoms with Crippen LogP contribution >= 0.6 is 0 Å². The molecule has 0 fully saturated rings. The Hall–Kier alpha value is -0.120. The molecule has 0 aromatic carbocycles. The fraction of sp³-hybridized carbons (Fsp3) is 1.00. The van der Waals surface area contributed by atoms with Gasteiger partial charge in [-0.1, -0.05) is 13.3 Å². The van der Waals surface area contributed by atoms with Gasteiger partial charge < -0.3 is 15.3 Å². The summed E-state index contributed by atoms with van der Waals surface area (Å²) in [6.07, 6.45) is 4.65. The van der Waals surface area contributed by atoms with Crippen molar-refractivity contribution < 1.29 is 5.11 Å². The topological polar surface area (TPSA) is 35.5 Å². The highest BCUT2D eigenvalue weighted by Gasteiger charge is 2.20. The fourth-order valence-corrected chi connectivity index (χ4v) is 1.86. The van der Waals surface area contributed by atoms with Crippen LogP contribution in [0.4, 0.5) is 0 Å². The molecule has 0 heterocycles. The molecule has 0 saturated heterocycles. The van der Waals surface area contributed by atoms with E-state index in [-0.39, 0.29) is 12.1 Å². The van der Waals surface area contributed by atoms with Crippen LogP contribution < -0.4 is 5.32 Å². The van der Waals surface area contributed by atoms with Gasteiger partial charge in [-0.2, -0.15) is 0 Å².